The molecule has 4 heteroatoms. The molecule has 0 radical (unpaired) electrons. The van der Waals surface area contributed by atoms with E-state index in [2.05, 4.69) is 58.2 Å². The van der Waals surface area contributed by atoms with E-state index in [4.69, 9.17) is 5.11 Å². The fourth-order valence-corrected chi connectivity index (χ4v) is 2.16. The Morgan fingerprint density at radius 3 is 2.72 bits per heavy atom. The molecule has 1 rings (SSSR count). The largest absolute Gasteiger partial charge is 0.395 e. The molecule has 3 nitrogen and oxygen atoms in total. The van der Waals surface area contributed by atoms with Crippen LogP contribution in [0.4, 0.5) is 5.69 Å². The van der Waals surface area contributed by atoms with Crippen LogP contribution in [0.1, 0.15) is 19.4 Å². The first-order valence-electron chi connectivity index (χ1n) is 6.35. The highest BCUT2D eigenvalue weighted by Crippen LogP contribution is 2.24. The number of aliphatic hydroxyl groups excluding tert-OH is 1. The molecule has 0 unspecified atom stereocenters. The highest BCUT2D eigenvalue weighted by molar-refractivity contribution is 9.10. The Balaban J connectivity index is 2.76. The molecule has 1 aromatic rings. The van der Waals surface area contributed by atoms with Gasteiger partial charge in [0.25, 0.3) is 0 Å². The minimum atomic E-state index is 0.169. The van der Waals surface area contributed by atoms with E-state index in [1.165, 1.54) is 5.56 Å². The zero-order valence-electron chi connectivity index (χ0n) is 11.4. The second kappa shape index (κ2) is 7.77. The third-order valence-corrected chi connectivity index (χ3v) is 3.26. The molecule has 18 heavy (non-hydrogen) atoms. The Labute approximate surface area is 118 Å². The van der Waals surface area contributed by atoms with Crippen molar-refractivity contribution in [1.82, 2.24) is 5.32 Å². The van der Waals surface area contributed by atoms with Crippen LogP contribution in [0.25, 0.3) is 0 Å². The van der Waals surface area contributed by atoms with E-state index in [1.807, 2.05) is 7.05 Å². The quantitative estimate of drug-likeness (QED) is 0.812. The molecule has 1 aromatic carbocycles. The van der Waals surface area contributed by atoms with Gasteiger partial charge in [0.15, 0.2) is 0 Å². The summed E-state index contributed by atoms with van der Waals surface area (Å²) in [6.45, 7) is 7.09. The van der Waals surface area contributed by atoms with Gasteiger partial charge in [0.05, 0.1) is 6.61 Å². The maximum absolute atomic E-state index is 9.04. The number of halogens is 1. The lowest BCUT2D eigenvalue weighted by molar-refractivity contribution is 0.304. The first-order valence-corrected chi connectivity index (χ1v) is 7.15. The van der Waals surface area contributed by atoms with Crippen molar-refractivity contribution in [3.63, 3.8) is 0 Å². The summed E-state index contributed by atoms with van der Waals surface area (Å²) >= 11 is 3.50. The third-order valence-electron chi connectivity index (χ3n) is 2.76. The van der Waals surface area contributed by atoms with Gasteiger partial charge in [-0.3, -0.25) is 0 Å². The van der Waals surface area contributed by atoms with E-state index >= 15 is 0 Å². The maximum atomic E-state index is 9.04. The van der Waals surface area contributed by atoms with Crippen molar-refractivity contribution >= 4 is 21.6 Å². The number of anilines is 1. The number of likely N-dealkylation sites (N-methyl/N-ethyl adjacent to an activating group) is 1. The summed E-state index contributed by atoms with van der Waals surface area (Å²) in [5, 5.41) is 12.5. The zero-order valence-corrected chi connectivity index (χ0v) is 13.0. The van der Waals surface area contributed by atoms with Gasteiger partial charge in [0.2, 0.25) is 0 Å². The van der Waals surface area contributed by atoms with Gasteiger partial charge in [-0.1, -0.05) is 35.8 Å². The lowest BCUT2D eigenvalue weighted by Crippen LogP contribution is -2.25. The molecule has 2 N–H and O–H groups in total. The summed E-state index contributed by atoms with van der Waals surface area (Å²) in [4.78, 5) is 2.08. The molecular weight excluding hydrogens is 292 g/mol. The van der Waals surface area contributed by atoms with Crippen molar-refractivity contribution in [2.24, 2.45) is 5.92 Å². The van der Waals surface area contributed by atoms with Crippen molar-refractivity contribution in [3.8, 4) is 0 Å². The van der Waals surface area contributed by atoms with Crippen molar-refractivity contribution in [1.29, 1.82) is 0 Å². The van der Waals surface area contributed by atoms with Crippen LogP contribution in [0.2, 0.25) is 0 Å². The normalized spacial score (nSPS) is 11.0. The molecule has 0 aromatic heterocycles. The molecule has 0 aliphatic heterocycles. The predicted molar refractivity (Wildman–Crippen MR) is 81.0 cm³/mol. The maximum Gasteiger partial charge on any atom is 0.0606 e. The average Bonchev–Trinajstić information content (AvgIpc) is 2.31. The molecule has 0 bridgehead atoms. The predicted octanol–water partition coefficient (Wildman–Crippen LogP) is 2.62. The topological polar surface area (TPSA) is 35.5 Å². The van der Waals surface area contributed by atoms with Gasteiger partial charge in [-0.15, -0.1) is 0 Å². The van der Waals surface area contributed by atoms with Crippen LogP contribution in [-0.4, -0.2) is 31.9 Å². The van der Waals surface area contributed by atoms with E-state index in [0.717, 1.165) is 23.2 Å². The number of nitrogens with one attached hydrogen (secondary N) is 1. The van der Waals surface area contributed by atoms with E-state index in [9.17, 15) is 0 Å². The van der Waals surface area contributed by atoms with E-state index in [0.29, 0.717) is 12.5 Å². The minimum absolute atomic E-state index is 0.169. The molecule has 0 saturated carbocycles. The van der Waals surface area contributed by atoms with Crippen molar-refractivity contribution in [2.45, 2.75) is 20.4 Å². The Bertz CT molecular complexity index is 369. The summed E-state index contributed by atoms with van der Waals surface area (Å²) in [6.07, 6.45) is 0. The standard InChI is InChI=1S/C14H23BrN2O/c1-11(2)9-16-10-12-4-5-13(15)8-14(12)17(3)6-7-18/h4-5,8,11,16,18H,6-7,9-10H2,1-3H3. The van der Waals surface area contributed by atoms with Gasteiger partial charge in [-0.2, -0.15) is 0 Å². The molecule has 0 atom stereocenters. The molecule has 102 valence electrons. The fourth-order valence-electron chi connectivity index (χ4n) is 1.81. The Hall–Kier alpha value is -0.580. The summed E-state index contributed by atoms with van der Waals surface area (Å²) in [7, 11) is 2.00. The number of hydrogen-bond acceptors (Lipinski definition) is 3. The van der Waals surface area contributed by atoms with Gasteiger partial charge < -0.3 is 15.3 Å². The number of hydrogen-bond donors (Lipinski definition) is 2. The lowest BCUT2D eigenvalue weighted by Gasteiger charge is -2.22. The van der Waals surface area contributed by atoms with Crippen LogP contribution in [0.3, 0.4) is 0 Å². The second-order valence-corrected chi connectivity index (χ2v) is 5.86. The van der Waals surface area contributed by atoms with Gasteiger partial charge in [0.1, 0.15) is 0 Å². The van der Waals surface area contributed by atoms with Gasteiger partial charge in [0, 0.05) is 30.3 Å². The second-order valence-electron chi connectivity index (χ2n) is 4.94. The number of nitrogens with zero attached hydrogens (tertiary/aromatic N) is 1. The van der Waals surface area contributed by atoms with Crippen LogP contribution in [0, 0.1) is 5.92 Å². The summed E-state index contributed by atoms with van der Waals surface area (Å²) in [6, 6.07) is 6.28. The smallest absolute Gasteiger partial charge is 0.0606 e. The van der Waals surface area contributed by atoms with Crippen LogP contribution in [0.5, 0.6) is 0 Å². The number of benzene rings is 1. The Morgan fingerprint density at radius 2 is 2.11 bits per heavy atom. The van der Waals surface area contributed by atoms with Gasteiger partial charge in [-0.25, -0.2) is 0 Å². The van der Waals surface area contributed by atoms with Crippen molar-refractivity contribution in [3.05, 3.63) is 28.2 Å². The first kappa shape index (κ1) is 15.5. The summed E-state index contributed by atoms with van der Waals surface area (Å²) < 4.78 is 1.06. The van der Waals surface area contributed by atoms with Gasteiger partial charge in [-0.05, 0) is 30.2 Å². The highest BCUT2D eigenvalue weighted by atomic mass is 79.9. The van der Waals surface area contributed by atoms with E-state index in [-0.39, 0.29) is 6.61 Å². The molecule has 0 heterocycles. The molecular formula is C14H23BrN2O. The van der Waals surface area contributed by atoms with Crippen molar-refractivity contribution < 1.29 is 5.11 Å². The average molecular weight is 315 g/mol. The van der Waals surface area contributed by atoms with Crippen LogP contribution in [0.15, 0.2) is 22.7 Å². The van der Waals surface area contributed by atoms with Crippen LogP contribution >= 0.6 is 15.9 Å². The lowest BCUT2D eigenvalue weighted by atomic mass is 10.1. The van der Waals surface area contributed by atoms with Crippen LogP contribution < -0.4 is 10.2 Å². The molecule has 0 aliphatic carbocycles. The molecule has 0 aliphatic rings. The zero-order chi connectivity index (χ0) is 13.5. The molecule has 0 spiro atoms. The number of rotatable bonds is 7. The monoisotopic (exact) mass is 314 g/mol. The SMILES string of the molecule is CC(C)CNCc1ccc(Br)cc1N(C)CCO. The minimum Gasteiger partial charge on any atom is -0.395 e. The summed E-state index contributed by atoms with van der Waals surface area (Å²) in [5.74, 6) is 0.652. The highest BCUT2D eigenvalue weighted by Gasteiger charge is 2.08. The summed E-state index contributed by atoms with van der Waals surface area (Å²) in [5.41, 5.74) is 2.42. The van der Waals surface area contributed by atoms with E-state index in [1.54, 1.807) is 0 Å². The Morgan fingerprint density at radius 1 is 1.39 bits per heavy atom. The van der Waals surface area contributed by atoms with Crippen LogP contribution in [-0.2, 0) is 6.54 Å². The molecule has 0 saturated heterocycles. The van der Waals surface area contributed by atoms with E-state index < -0.39 is 0 Å². The first-order chi connectivity index (χ1) is 8.54. The third kappa shape index (κ3) is 4.96. The van der Waals surface area contributed by atoms with Crippen molar-refractivity contribution in [2.75, 3.05) is 31.6 Å². The molecule has 0 fully saturated rings. The number of aliphatic hydroxyl groups is 1. The molecule has 0 amide bonds. The van der Waals surface area contributed by atoms with Gasteiger partial charge >= 0.3 is 0 Å². The Kier molecular flexibility index (Phi) is 6.68. The fraction of sp³-hybridized carbons (Fsp3) is 0.571.